The van der Waals surface area contributed by atoms with Crippen molar-refractivity contribution in [2.24, 2.45) is 17.8 Å². The first-order valence-electron chi connectivity index (χ1n) is 21.1. The van der Waals surface area contributed by atoms with E-state index in [0.717, 1.165) is 79.0 Å². The van der Waals surface area contributed by atoms with Crippen molar-refractivity contribution >= 4 is 0 Å². The van der Waals surface area contributed by atoms with Gasteiger partial charge in [-0.15, -0.1) is 0 Å². The fraction of sp³-hybridized carbons (Fsp3) is 0.500. The van der Waals surface area contributed by atoms with Crippen LogP contribution in [0.3, 0.4) is 0 Å². The zero-order chi connectivity index (χ0) is 39.0. The predicted octanol–water partition coefficient (Wildman–Crippen LogP) is 8.70. The SMILES string of the molecule is COc1cc2c3cc1Oc1c(OC)c(OC)cc4c1[C@H](Cc1ccc(cc1)Oc1cc(ccc1C(O)NC15CC6CC(CC(C6)C1)C5)C[C@H]3N(C)CC2)N(C)CC4. The lowest BCUT2D eigenvalue weighted by Crippen LogP contribution is -2.59. The van der Waals surface area contributed by atoms with Crippen LogP contribution in [0.4, 0.5) is 0 Å². The summed E-state index contributed by atoms with van der Waals surface area (Å²) >= 11 is 0. The maximum Gasteiger partial charge on any atom is 0.204 e. The summed E-state index contributed by atoms with van der Waals surface area (Å²) in [4.78, 5) is 4.85. The minimum atomic E-state index is -0.820. The second kappa shape index (κ2) is 14.5. The van der Waals surface area contributed by atoms with Crippen LogP contribution in [0.1, 0.15) is 95.8 Å². The third kappa shape index (κ3) is 6.64. The fourth-order valence-electron chi connectivity index (χ4n) is 12.0. The number of aliphatic hydroxyl groups is 1. The third-order valence-electron chi connectivity index (χ3n) is 14.5. The van der Waals surface area contributed by atoms with E-state index in [0.29, 0.717) is 34.5 Å². The van der Waals surface area contributed by atoms with Gasteiger partial charge in [0.1, 0.15) is 17.7 Å². The number of nitrogens with zero attached hydrogens (tertiary/aromatic N) is 2. The van der Waals surface area contributed by atoms with E-state index < -0.39 is 6.23 Å². The van der Waals surface area contributed by atoms with Gasteiger partial charge in [0, 0.05) is 41.8 Å². The molecule has 0 aromatic heterocycles. The van der Waals surface area contributed by atoms with Gasteiger partial charge in [-0.3, -0.25) is 15.1 Å². The third-order valence-corrected chi connectivity index (χ3v) is 14.5. The molecule has 4 fully saturated rings. The monoisotopic (exact) mass is 771 g/mol. The molecule has 4 aliphatic heterocycles. The number of aliphatic hydroxyl groups excluding tert-OH is 1. The van der Waals surface area contributed by atoms with Gasteiger partial charge in [0.15, 0.2) is 23.0 Å². The van der Waals surface area contributed by atoms with E-state index in [4.69, 9.17) is 23.7 Å². The molecule has 0 radical (unpaired) electrons. The van der Waals surface area contributed by atoms with E-state index in [9.17, 15) is 5.11 Å². The Morgan fingerprint density at radius 1 is 0.702 bits per heavy atom. The zero-order valence-corrected chi connectivity index (χ0v) is 34.1. The zero-order valence-electron chi connectivity index (χ0n) is 34.1. The van der Waals surface area contributed by atoms with Gasteiger partial charge < -0.3 is 28.8 Å². The van der Waals surface area contributed by atoms with Gasteiger partial charge in [-0.05, 0) is 160 Å². The number of methoxy groups -OCH3 is 3. The molecule has 4 aliphatic carbocycles. The molecule has 300 valence electrons. The molecule has 8 aliphatic rings. The highest BCUT2D eigenvalue weighted by Gasteiger charge is 2.51. The molecule has 4 saturated carbocycles. The van der Waals surface area contributed by atoms with Gasteiger partial charge in [0.2, 0.25) is 5.75 Å². The van der Waals surface area contributed by atoms with Gasteiger partial charge in [-0.25, -0.2) is 0 Å². The Kier molecular flexibility index (Phi) is 9.43. The van der Waals surface area contributed by atoms with Crippen LogP contribution >= 0.6 is 0 Å². The Labute approximate surface area is 337 Å². The Morgan fingerprint density at radius 2 is 1.33 bits per heavy atom. The number of hydrogen-bond acceptors (Lipinski definition) is 9. The normalized spacial score (nSPS) is 28.1. The summed E-state index contributed by atoms with van der Waals surface area (Å²) in [5, 5.41) is 15.9. The Balaban J connectivity index is 1.09. The van der Waals surface area contributed by atoms with Crippen molar-refractivity contribution < 1.29 is 28.8 Å². The average molecular weight is 772 g/mol. The maximum absolute atomic E-state index is 12.1. The molecule has 9 nitrogen and oxygen atoms in total. The van der Waals surface area contributed by atoms with Gasteiger partial charge >= 0.3 is 0 Å². The van der Waals surface area contributed by atoms with Crippen molar-refractivity contribution in [1.82, 2.24) is 15.1 Å². The molecule has 0 spiro atoms. The molecule has 12 rings (SSSR count). The number of nitrogens with one attached hydrogen (secondary N) is 1. The number of rotatable bonds is 6. The van der Waals surface area contributed by atoms with Crippen molar-refractivity contribution in [3.8, 4) is 40.2 Å². The van der Waals surface area contributed by atoms with Crippen LogP contribution in [0.25, 0.3) is 0 Å². The molecule has 0 amide bonds. The van der Waals surface area contributed by atoms with Crippen molar-refractivity contribution in [3.05, 3.63) is 99.6 Å². The van der Waals surface area contributed by atoms with Crippen LogP contribution in [0.5, 0.6) is 40.2 Å². The number of benzene rings is 4. The maximum atomic E-state index is 12.1. The molecule has 10 bridgehead atoms. The van der Waals surface area contributed by atoms with Gasteiger partial charge in [0.25, 0.3) is 0 Å². The minimum absolute atomic E-state index is 0.00596. The molecule has 57 heavy (non-hydrogen) atoms. The summed E-state index contributed by atoms with van der Waals surface area (Å²) in [5.74, 6) is 7.07. The number of fused-ring (bicyclic) bond motifs is 2. The Bertz CT molecular complexity index is 2130. The van der Waals surface area contributed by atoms with Crippen molar-refractivity contribution in [2.45, 2.75) is 88.1 Å². The summed E-state index contributed by atoms with van der Waals surface area (Å²) in [6.07, 6.45) is 10.1. The average Bonchev–Trinajstić information content (AvgIpc) is 3.19. The standard InChI is InChI=1S/C48H57N3O6/c1-50-14-12-33-22-41(53-3)42-24-37(33)38(50)20-29-8-11-36(47(52)49-48-25-30-16-31(26-48)18-32(17-30)27-48)40(21-29)56-35-9-6-28(7-10-35)19-39-44-34(13-15-51(39)2)23-43(54-4)45(55-5)46(44)57-42/h6-11,21-24,30-32,38-39,47,49,52H,12-20,25-27H2,1-5H3/t30?,31?,32?,38-,39+,47?,48?/m1/s1. The minimum Gasteiger partial charge on any atom is -0.493 e. The van der Waals surface area contributed by atoms with E-state index in [1.807, 2.05) is 0 Å². The highest BCUT2D eigenvalue weighted by Crippen LogP contribution is 2.57. The Hall–Kier alpha value is -4.28. The molecule has 4 aromatic carbocycles. The molecule has 9 heteroatoms. The molecular formula is C48H57N3O6. The fourth-order valence-corrected chi connectivity index (χ4v) is 12.0. The largest absolute Gasteiger partial charge is 0.493 e. The van der Waals surface area contributed by atoms with E-state index >= 15 is 0 Å². The highest BCUT2D eigenvalue weighted by atomic mass is 16.5. The van der Waals surface area contributed by atoms with Crippen LogP contribution in [0, 0.1) is 17.8 Å². The first-order chi connectivity index (χ1) is 27.7. The predicted molar refractivity (Wildman–Crippen MR) is 220 cm³/mol. The van der Waals surface area contributed by atoms with E-state index in [2.05, 4.69) is 89.9 Å². The summed E-state index contributed by atoms with van der Waals surface area (Å²) in [6.45, 7) is 1.83. The van der Waals surface area contributed by atoms with Crippen LogP contribution in [-0.4, -0.2) is 69.0 Å². The first-order valence-corrected chi connectivity index (χ1v) is 21.1. The lowest BCUT2D eigenvalue weighted by Gasteiger charge is -2.57. The quantitative estimate of drug-likeness (QED) is 0.187. The molecule has 0 saturated heterocycles. The molecule has 4 heterocycles. The van der Waals surface area contributed by atoms with Crippen LogP contribution in [-0.2, 0) is 25.7 Å². The number of hydrogen-bond donors (Lipinski definition) is 2. The van der Waals surface area contributed by atoms with Crippen molar-refractivity contribution in [2.75, 3.05) is 48.5 Å². The summed E-state index contributed by atoms with van der Waals surface area (Å²) in [7, 11) is 9.48. The molecule has 3 atom stereocenters. The van der Waals surface area contributed by atoms with E-state index in [-0.39, 0.29) is 17.6 Å². The molecule has 1 unspecified atom stereocenters. The second-order valence-electron chi connectivity index (χ2n) is 18.1. The van der Waals surface area contributed by atoms with Crippen molar-refractivity contribution in [1.29, 1.82) is 0 Å². The number of ether oxygens (including phenoxy) is 5. The second-order valence-corrected chi connectivity index (χ2v) is 18.1. The van der Waals surface area contributed by atoms with Crippen LogP contribution < -0.4 is 29.0 Å². The van der Waals surface area contributed by atoms with Gasteiger partial charge in [-0.1, -0.05) is 24.3 Å². The van der Waals surface area contributed by atoms with Crippen LogP contribution in [0.15, 0.2) is 60.7 Å². The first kappa shape index (κ1) is 37.0. The summed E-state index contributed by atoms with van der Waals surface area (Å²) in [5.41, 5.74) is 7.91. The van der Waals surface area contributed by atoms with Gasteiger partial charge in [0.05, 0.1) is 21.3 Å². The lowest BCUT2D eigenvalue weighted by molar-refractivity contribution is -0.0489. The molecule has 4 aromatic rings. The number of likely N-dealkylation sites (N-methyl/N-ethyl adjacent to an activating group) is 2. The van der Waals surface area contributed by atoms with E-state index in [1.54, 1.807) is 21.3 Å². The lowest BCUT2D eigenvalue weighted by atomic mass is 9.53. The van der Waals surface area contributed by atoms with Crippen LogP contribution in [0.2, 0.25) is 0 Å². The highest BCUT2D eigenvalue weighted by molar-refractivity contribution is 5.63. The van der Waals surface area contributed by atoms with Crippen molar-refractivity contribution in [3.63, 3.8) is 0 Å². The molecule has 2 N–H and O–H groups in total. The summed E-state index contributed by atoms with van der Waals surface area (Å²) in [6, 6.07) is 21.5. The summed E-state index contributed by atoms with van der Waals surface area (Å²) < 4.78 is 32.0. The smallest absolute Gasteiger partial charge is 0.204 e. The van der Waals surface area contributed by atoms with Gasteiger partial charge in [-0.2, -0.15) is 0 Å². The topological polar surface area (TPSA) is 84.9 Å². The van der Waals surface area contributed by atoms with E-state index in [1.165, 1.54) is 60.8 Å². The Morgan fingerprint density at radius 3 is 2.02 bits per heavy atom. The molecular weight excluding hydrogens is 715 g/mol.